The van der Waals surface area contributed by atoms with E-state index in [1.54, 1.807) is 25.2 Å². The minimum absolute atomic E-state index is 0.259. The van der Waals surface area contributed by atoms with Crippen molar-refractivity contribution >= 4 is 27.0 Å². The third kappa shape index (κ3) is 5.62. The molecule has 1 atom stereocenters. The molecule has 1 unspecified atom stereocenters. The van der Waals surface area contributed by atoms with E-state index in [1.165, 1.54) is 18.3 Å². The second-order valence-corrected chi connectivity index (χ2v) is 8.81. The number of ether oxygens (including phenoxy) is 1. The van der Waals surface area contributed by atoms with E-state index in [9.17, 15) is 26.7 Å². The summed E-state index contributed by atoms with van der Waals surface area (Å²) in [5, 5.41) is 20.1. The highest BCUT2D eigenvalue weighted by atomic mass is 32.2. The van der Waals surface area contributed by atoms with Gasteiger partial charge in [0.05, 0.1) is 21.7 Å². The van der Waals surface area contributed by atoms with Crippen LogP contribution in [-0.2, 0) is 16.2 Å². The third-order valence-corrected chi connectivity index (χ3v) is 5.99. The van der Waals surface area contributed by atoms with E-state index < -0.39 is 38.8 Å². The van der Waals surface area contributed by atoms with Crippen LogP contribution in [0.5, 0.6) is 11.5 Å². The number of anilines is 1. The number of nitrogens with zero attached hydrogens (tertiary/aromatic N) is 4. The maximum Gasteiger partial charge on any atom is 0.416 e. The van der Waals surface area contributed by atoms with Gasteiger partial charge in [-0.15, -0.1) is 10.2 Å². The predicted molar refractivity (Wildman–Crippen MR) is 118 cm³/mol. The first kappa shape index (κ1) is 24.3. The molecule has 10 nitrogen and oxygen atoms in total. The van der Waals surface area contributed by atoms with Gasteiger partial charge in [0.15, 0.2) is 0 Å². The van der Waals surface area contributed by atoms with Gasteiger partial charge in [0.1, 0.15) is 23.2 Å². The Hall–Kier alpha value is -3.88. The molecular formula is C21H17F3N6O4S. The zero-order chi connectivity index (χ0) is 25.2. The molecule has 182 valence electrons. The van der Waals surface area contributed by atoms with Gasteiger partial charge in [0, 0.05) is 18.3 Å². The van der Waals surface area contributed by atoms with Gasteiger partial charge in [0.2, 0.25) is 0 Å². The van der Waals surface area contributed by atoms with E-state index in [0.29, 0.717) is 23.3 Å². The van der Waals surface area contributed by atoms with E-state index in [-0.39, 0.29) is 11.0 Å². The Labute approximate surface area is 196 Å². The Morgan fingerprint density at radius 2 is 1.77 bits per heavy atom. The molecule has 0 bridgehead atoms. The van der Waals surface area contributed by atoms with Crippen LogP contribution in [0.1, 0.15) is 17.5 Å². The van der Waals surface area contributed by atoms with E-state index in [1.807, 2.05) is 4.72 Å². The number of aliphatic hydroxyl groups is 1. The van der Waals surface area contributed by atoms with Crippen LogP contribution in [-0.4, -0.2) is 40.7 Å². The lowest BCUT2D eigenvalue weighted by Gasteiger charge is -2.11. The number of aliphatic hydroxyl groups excluding tert-OH is 1. The molecule has 0 amide bonds. The summed E-state index contributed by atoms with van der Waals surface area (Å²) in [6.45, 7) is 0. The van der Waals surface area contributed by atoms with Crippen molar-refractivity contribution < 1.29 is 31.4 Å². The number of nitrogens with one attached hydrogen (secondary N) is 2. The van der Waals surface area contributed by atoms with Crippen molar-refractivity contribution in [1.82, 2.24) is 25.5 Å². The summed E-state index contributed by atoms with van der Waals surface area (Å²) in [5.41, 5.74) is -0.221. The van der Waals surface area contributed by atoms with Gasteiger partial charge in [-0.25, -0.2) is 18.1 Å². The molecule has 0 aliphatic rings. The zero-order valence-corrected chi connectivity index (χ0v) is 18.7. The van der Waals surface area contributed by atoms with Crippen molar-refractivity contribution in [3.05, 3.63) is 72.1 Å². The number of halogens is 3. The summed E-state index contributed by atoms with van der Waals surface area (Å²) in [7, 11) is -2.83. The molecule has 14 heteroatoms. The number of pyridine rings is 1. The molecule has 2 aromatic carbocycles. The quantitative estimate of drug-likeness (QED) is 0.322. The summed E-state index contributed by atoms with van der Waals surface area (Å²) in [4.78, 5) is 7.51. The molecule has 4 rings (SSSR count). The van der Waals surface area contributed by atoms with Crippen LogP contribution in [0, 0.1) is 0 Å². The second kappa shape index (κ2) is 9.40. The molecule has 2 heterocycles. The standard InChI is InChI=1S/C21H17F3N6O4S/c1-25-19(31)18-11-14(7-8-26-18)34-13-5-6-16-17(10-13)28-29-20(27-16)30-35(32,33)15-4-2-3-12(9-15)21(22,23)24/h2-11,19,25,31H,1H3,(H,27,29,30). The van der Waals surface area contributed by atoms with Crippen molar-refractivity contribution in [2.24, 2.45) is 0 Å². The Kier molecular flexibility index (Phi) is 6.51. The average molecular weight is 506 g/mol. The van der Waals surface area contributed by atoms with E-state index in [0.717, 1.165) is 18.2 Å². The van der Waals surface area contributed by atoms with Gasteiger partial charge < -0.3 is 9.84 Å². The minimum Gasteiger partial charge on any atom is -0.457 e. The zero-order valence-electron chi connectivity index (χ0n) is 17.9. The van der Waals surface area contributed by atoms with Crippen molar-refractivity contribution in [1.29, 1.82) is 0 Å². The average Bonchev–Trinajstić information content (AvgIpc) is 2.83. The highest BCUT2D eigenvalue weighted by Crippen LogP contribution is 2.31. The fourth-order valence-corrected chi connectivity index (χ4v) is 3.95. The lowest BCUT2D eigenvalue weighted by Crippen LogP contribution is -2.16. The van der Waals surface area contributed by atoms with Crippen LogP contribution in [0.4, 0.5) is 19.1 Å². The van der Waals surface area contributed by atoms with Crippen LogP contribution in [0.3, 0.4) is 0 Å². The van der Waals surface area contributed by atoms with E-state index >= 15 is 0 Å². The largest absolute Gasteiger partial charge is 0.457 e. The lowest BCUT2D eigenvalue weighted by molar-refractivity contribution is -0.137. The highest BCUT2D eigenvalue weighted by Gasteiger charge is 2.31. The predicted octanol–water partition coefficient (Wildman–Crippen LogP) is 3.24. The number of benzene rings is 2. The Morgan fingerprint density at radius 3 is 2.51 bits per heavy atom. The molecule has 3 N–H and O–H groups in total. The highest BCUT2D eigenvalue weighted by molar-refractivity contribution is 7.92. The van der Waals surface area contributed by atoms with Crippen LogP contribution >= 0.6 is 0 Å². The van der Waals surface area contributed by atoms with Crippen LogP contribution in [0.15, 0.2) is 65.7 Å². The van der Waals surface area contributed by atoms with Gasteiger partial charge in [-0.05, 0) is 43.4 Å². The van der Waals surface area contributed by atoms with Gasteiger partial charge in [-0.2, -0.15) is 13.2 Å². The number of rotatable bonds is 7. The lowest BCUT2D eigenvalue weighted by atomic mass is 10.2. The van der Waals surface area contributed by atoms with Gasteiger partial charge in [-0.3, -0.25) is 10.3 Å². The van der Waals surface area contributed by atoms with Gasteiger partial charge >= 0.3 is 6.18 Å². The summed E-state index contributed by atoms with van der Waals surface area (Å²) < 4.78 is 71.6. The summed E-state index contributed by atoms with van der Waals surface area (Å²) in [5.74, 6) is 0.348. The van der Waals surface area contributed by atoms with Crippen LogP contribution < -0.4 is 14.8 Å². The number of hydrogen-bond acceptors (Lipinski definition) is 9. The molecule has 35 heavy (non-hydrogen) atoms. The molecular weight excluding hydrogens is 489 g/mol. The Balaban J connectivity index is 1.55. The Morgan fingerprint density at radius 1 is 1.00 bits per heavy atom. The maximum absolute atomic E-state index is 12.9. The van der Waals surface area contributed by atoms with Crippen molar-refractivity contribution in [3.8, 4) is 11.5 Å². The van der Waals surface area contributed by atoms with Crippen molar-refractivity contribution in [2.45, 2.75) is 17.3 Å². The number of alkyl halides is 3. The molecule has 2 aromatic heterocycles. The Bertz CT molecular complexity index is 1480. The summed E-state index contributed by atoms with van der Waals surface area (Å²) >= 11 is 0. The fourth-order valence-electron chi connectivity index (χ4n) is 2.97. The molecule has 0 spiro atoms. The first-order valence-electron chi connectivity index (χ1n) is 9.89. The fraction of sp³-hybridized carbons (Fsp3) is 0.143. The smallest absolute Gasteiger partial charge is 0.416 e. The minimum atomic E-state index is -4.70. The molecule has 0 aliphatic heterocycles. The van der Waals surface area contributed by atoms with Crippen LogP contribution in [0.2, 0.25) is 0 Å². The van der Waals surface area contributed by atoms with Gasteiger partial charge in [0.25, 0.3) is 16.0 Å². The summed E-state index contributed by atoms with van der Waals surface area (Å²) in [6, 6.07) is 11.0. The molecule has 0 fully saturated rings. The first-order valence-corrected chi connectivity index (χ1v) is 11.4. The molecule has 0 saturated carbocycles. The molecule has 0 radical (unpaired) electrons. The van der Waals surface area contributed by atoms with Crippen LogP contribution in [0.25, 0.3) is 11.0 Å². The second-order valence-electron chi connectivity index (χ2n) is 7.13. The van der Waals surface area contributed by atoms with E-state index in [4.69, 9.17) is 4.74 Å². The first-order chi connectivity index (χ1) is 16.5. The number of fused-ring (bicyclic) bond motifs is 1. The number of aromatic nitrogens is 4. The van der Waals surface area contributed by atoms with Crippen molar-refractivity contribution in [3.63, 3.8) is 0 Å². The monoisotopic (exact) mass is 506 g/mol. The third-order valence-electron chi connectivity index (χ3n) is 4.66. The molecule has 0 saturated heterocycles. The van der Waals surface area contributed by atoms with Gasteiger partial charge in [-0.1, -0.05) is 6.07 Å². The van der Waals surface area contributed by atoms with E-state index in [2.05, 4.69) is 25.5 Å². The SMILES string of the molecule is CNC(O)c1cc(Oc2ccc3nc(NS(=O)(=O)c4cccc(C(F)(F)F)c4)nnc3c2)ccn1. The normalized spacial score (nSPS) is 12.9. The van der Waals surface area contributed by atoms with Crippen molar-refractivity contribution in [2.75, 3.05) is 11.8 Å². The number of hydrogen-bond donors (Lipinski definition) is 3. The molecule has 4 aromatic rings. The molecule has 0 aliphatic carbocycles. The maximum atomic E-state index is 12.9. The topological polar surface area (TPSA) is 139 Å². The number of sulfonamides is 1. The summed E-state index contributed by atoms with van der Waals surface area (Å²) in [6.07, 6.45) is -4.20.